The van der Waals surface area contributed by atoms with Gasteiger partial charge in [0, 0.05) is 31.2 Å². The van der Waals surface area contributed by atoms with Gasteiger partial charge < -0.3 is 14.6 Å². The van der Waals surface area contributed by atoms with Gasteiger partial charge in [-0.3, -0.25) is 4.90 Å². The Morgan fingerprint density at radius 2 is 2.17 bits per heavy atom. The average Bonchev–Trinajstić information content (AvgIpc) is 3.07. The third-order valence-electron chi connectivity index (χ3n) is 3.98. The Kier molecular flexibility index (Phi) is 5.84. The monoisotopic (exact) mass is 348 g/mol. The summed E-state index contributed by atoms with van der Waals surface area (Å²) in [5, 5.41) is 13.3. The Bertz CT molecular complexity index is 627. The van der Waals surface area contributed by atoms with Gasteiger partial charge in [-0.05, 0) is 37.1 Å². The number of aryl methyl sites for hydroxylation is 2. The Labute approximate surface area is 146 Å². The number of rotatable bonds is 6. The van der Waals surface area contributed by atoms with Crippen molar-refractivity contribution in [2.45, 2.75) is 26.1 Å². The van der Waals surface area contributed by atoms with Crippen LogP contribution in [0.1, 0.15) is 22.2 Å². The molecule has 3 rings (SSSR count). The second-order valence-electron chi connectivity index (χ2n) is 6.28. The summed E-state index contributed by atoms with van der Waals surface area (Å²) in [4.78, 5) is 6.54. The van der Waals surface area contributed by atoms with Gasteiger partial charge in [0.25, 0.3) is 0 Å². The van der Waals surface area contributed by atoms with Crippen LogP contribution in [0.25, 0.3) is 0 Å². The quantitative estimate of drug-likeness (QED) is 0.869. The SMILES string of the molecule is Cc1cc(C)cc(OC[C@H](O)CN2CCO[C@@H](c3nccs3)C2)c1. The first kappa shape index (κ1) is 17.4. The van der Waals surface area contributed by atoms with Crippen LogP contribution in [0.3, 0.4) is 0 Å². The maximum absolute atomic E-state index is 10.3. The van der Waals surface area contributed by atoms with Crippen molar-refractivity contribution < 1.29 is 14.6 Å². The third-order valence-corrected chi connectivity index (χ3v) is 4.85. The zero-order valence-corrected chi connectivity index (χ0v) is 15.0. The van der Waals surface area contributed by atoms with Crippen molar-refractivity contribution in [3.05, 3.63) is 45.9 Å². The normalized spacial score (nSPS) is 20.0. The van der Waals surface area contributed by atoms with E-state index in [1.165, 1.54) is 11.1 Å². The summed E-state index contributed by atoms with van der Waals surface area (Å²) in [6, 6.07) is 6.09. The molecule has 6 heteroatoms. The molecule has 1 fully saturated rings. The lowest BCUT2D eigenvalue weighted by Gasteiger charge is -2.33. The lowest BCUT2D eigenvalue weighted by atomic mass is 10.1. The maximum Gasteiger partial charge on any atom is 0.123 e. The number of β-amino-alcohol motifs (C(OH)–C–C–N with tert-alkyl or cyclic N) is 1. The predicted octanol–water partition coefficient (Wildman–Crippen LogP) is 2.57. The summed E-state index contributed by atoms with van der Waals surface area (Å²) >= 11 is 1.61. The van der Waals surface area contributed by atoms with Gasteiger partial charge in [-0.25, -0.2) is 4.98 Å². The van der Waals surface area contributed by atoms with Gasteiger partial charge in [-0.1, -0.05) is 6.07 Å². The summed E-state index contributed by atoms with van der Waals surface area (Å²) in [5.74, 6) is 0.814. The summed E-state index contributed by atoms with van der Waals surface area (Å²) < 4.78 is 11.5. The first-order valence-electron chi connectivity index (χ1n) is 8.22. The van der Waals surface area contributed by atoms with Crippen LogP contribution in [0.5, 0.6) is 5.75 Å². The predicted molar refractivity (Wildman–Crippen MR) is 94.7 cm³/mol. The Balaban J connectivity index is 1.48. The van der Waals surface area contributed by atoms with E-state index in [2.05, 4.69) is 16.0 Å². The minimum atomic E-state index is -0.527. The maximum atomic E-state index is 10.3. The number of morpholine rings is 1. The van der Waals surface area contributed by atoms with Crippen LogP contribution in [0, 0.1) is 13.8 Å². The summed E-state index contributed by atoms with van der Waals surface area (Å²) in [7, 11) is 0. The van der Waals surface area contributed by atoms with Gasteiger partial charge >= 0.3 is 0 Å². The van der Waals surface area contributed by atoms with Crippen LogP contribution in [-0.2, 0) is 4.74 Å². The topological polar surface area (TPSA) is 54.8 Å². The van der Waals surface area contributed by atoms with Crippen molar-refractivity contribution in [3.63, 3.8) is 0 Å². The summed E-state index contributed by atoms with van der Waals surface area (Å²) in [6.45, 7) is 7.20. The molecule has 1 aliphatic heterocycles. The number of thiazole rings is 1. The number of aromatic nitrogens is 1. The highest BCUT2D eigenvalue weighted by atomic mass is 32.1. The van der Waals surface area contributed by atoms with Gasteiger partial charge in [0.15, 0.2) is 0 Å². The molecule has 1 N–H and O–H groups in total. The van der Waals surface area contributed by atoms with Crippen molar-refractivity contribution in [3.8, 4) is 5.75 Å². The standard InChI is InChI=1S/C18H24N2O3S/c1-13-7-14(2)9-16(8-13)23-12-15(21)10-20-4-5-22-17(11-20)18-19-3-6-24-18/h3,6-9,15,17,21H,4-5,10-12H2,1-2H3/t15-,17-/m1/s1. The number of nitrogens with zero attached hydrogens (tertiary/aromatic N) is 2. The van der Waals surface area contributed by atoms with Crippen molar-refractivity contribution in [1.29, 1.82) is 0 Å². The van der Waals surface area contributed by atoms with Crippen LogP contribution < -0.4 is 4.74 Å². The van der Waals surface area contributed by atoms with Gasteiger partial charge in [-0.15, -0.1) is 11.3 Å². The zero-order chi connectivity index (χ0) is 16.9. The van der Waals surface area contributed by atoms with E-state index in [4.69, 9.17) is 9.47 Å². The largest absolute Gasteiger partial charge is 0.491 e. The van der Waals surface area contributed by atoms with Gasteiger partial charge in [0.2, 0.25) is 0 Å². The molecular weight excluding hydrogens is 324 g/mol. The Morgan fingerprint density at radius 3 is 2.88 bits per heavy atom. The second kappa shape index (κ2) is 8.07. The highest BCUT2D eigenvalue weighted by Gasteiger charge is 2.25. The molecule has 130 valence electrons. The van der Waals surface area contributed by atoms with E-state index < -0.39 is 6.10 Å². The molecule has 1 aromatic carbocycles. The first-order chi connectivity index (χ1) is 11.6. The highest BCUT2D eigenvalue weighted by molar-refractivity contribution is 7.09. The molecule has 0 spiro atoms. The number of hydrogen-bond acceptors (Lipinski definition) is 6. The molecule has 0 bridgehead atoms. The van der Waals surface area contributed by atoms with Crippen molar-refractivity contribution in [2.75, 3.05) is 32.8 Å². The number of aliphatic hydroxyl groups excluding tert-OH is 1. The molecule has 24 heavy (non-hydrogen) atoms. The van der Waals surface area contributed by atoms with E-state index in [9.17, 15) is 5.11 Å². The number of benzene rings is 1. The fourth-order valence-electron chi connectivity index (χ4n) is 2.97. The van der Waals surface area contributed by atoms with Gasteiger partial charge in [0.1, 0.15) is 29.6 Å². The summed E-state index contributed by atoms with van der Waals surface area (Å²) in [5.41, 5.74) is 2.33. The van der Waals surface area contributed by atoms with E-state index in [1.54, 1.807) is 17.5 Å². The molecule has 2 atom stereocenters. The van der Waals surface area contributed by atoms with Crippen LogP contribution in [0.15, 0.2) is 29.8 Å². The molecule has 2 aromatic rings. The molecule has 0 saturated carbocycles. The molecule has 1 aromatic heterocycles. The Morgan fingerprint density at radius 1 is 1.38 bits per heavy atom. The van der Waals surface area contributed by atoms with E-state index in [0.29, 0.717) is 19.8 Å². The lowest BCUT2D eigenvalue weighted by Crippen LogP contribution is -2.43. The van der Waals surface area contributed by atoms with Crippen LogP contribution in [0.4, 0.5) is 0 Å². The molecule has 1 aliphatic rings. The fourth-order valence-corrected chi connectivity index (χ4v) is 3.65. The van der Waals surface area contributed by atoms with Crippen LogP contribution in [0.2, 0.25) is 0 Å². The van der Waals surface area contributed by atoms with E-state index in [-0.39, 0.29) is 6.10 Å². The second-order valence-corrected chi connectivity index (χ2v) is 7.20. The van der Waals surface area contributed by atoms with Gasteiger partial charge in [-0.2, -0.15) is 0 Å². The molecule has 0 aliphatic carbocycles. The van der Waals surface area contributed by atoms with Crippen LogP contribution in [-0.4, -0.2) is 53.9 Å². The molecule has 2 heterocycles. The molecule has 0 amide bonds. The molecular formula is C18H24N2O3S. The highest BCUT2D eigenvalue weighted by Crippen LogP contribution is 2.24. The third kappa shape index (κ3) is 4.77. The van der Waals surface area contributed by atoms with E-state index in [1.807, 2.05) is 31.4 Å². The number of hydrogen-bond donors (Lipinski definition) is 1. The van der Waals surface area contributed by atoms with Crippen LogP contribution >= 0.6 is 11.3 Å². The van der Waals surface area contributed by atoms with Crippen molar-refractivity contribution >= 4 is 11.3 Å². The van der Waals surface area contributed by atoms with Crippen molar-refractivity contribution in [2.24, 2.45) is 0 Å². The minimum absolute atomic E-state index is 0.00582. The first-order valence-corrected chi connectivity index (χ1v) is 9.10. The van der Waals surface area contributed by atoms with E-state index in [0.717, 1.165) is 23.8 Å². The Hall–Kier alpha value is -1.47. The summed E-state index contributed by atoms with van der Waals surface area (Å²) in [6.07, 6.45) is 1.28. The molecule has 1 saturated heterocycles. The lowest BCUT2D eigenvalue weighted by molar-refractivity contribution is -0.0460. The van der Waals surface area contributed by atoms with Crippen molar-refractivity contribution in [1.82, 2.24) is 9.88 Å². The number of ether oxygens (including phenoxy) is 2. The minimum Gasteiger partial charge on any atom is -0.491 e. The van der Waals surface area contributed by atoms with Gasteiger partial charge in [0.05, 0.1) is 6.61 Å². The average molecular weight is 348 g/mol. The number of aliphatic hydroxyl groups is 1. The fraction of sp³-hybridized carbons (Fsp3) is 0.500. The zero-order valence-electron chi connectivity index (χ0n) is 14.1. The van der Waals surface area contributed by atoms with E-state index >= 15 is 0 Å². The smallest absolute Gasteiger partial charge is 0.123 e. The molecule has 0 unspecified atom stereocenters. The molecule has 0 radical (unpaired) electrons. The molecule has 5 nitrogen and oxygen atoms in total.